The van der Waals surface area contributed by atoms with Crippen LogP contribution in [0.5, 0.6) is 0 Å². The molecule has 0 radical (unpaired) electrons. The number of pyridine rings is 1. The summed E-state index contributed by atoms with van der Waals surface area (Å²) < 4.78 is 13.6. The van der Waals surface area contributed by atoms with Gasteiger partial charge in [0.25, 0.3) is 5.91 Å². The van der Waals surface area contributed by atoms with Gasteiger partial charge in [-0.25, -0.2) is 9.37 Å². The first kappa shape index (κ1) is 14.0. The van der Waals surface area contributed by atoms with Crippen molar-refractivity contribution in [2.75, 3.05) is 17.2 Å². The molecule has 0 spiro atoms. The molecule has 104 valence electrons. The van der Waals surface area contributed by atoms with E-state index in [-0.39, 0.29) is 5.69 Å². The highest BCUT2D eigenvalue weighted by atomic mass is 19.1. The van der Waals surface area contributed by atoms with Crippen molar-refractivity contribution in [2.45, 2.75) is 13.8 Å². The lowest BCUT2D eigenvalue weighted by Gasteiger charge is -2.11. The third-order valence-corrected chi connectivity index (χ3v) is 2.77. The highest BCUT2D eigenvalue weighted by Crippen LogP contribution is 2.18. The Kier molecular flexibility index (Phi) is 4.30. The normalized spacial score (nSPS) is 10.2. The van der Waals surface area contributed by atoms with Crippen LogP contribution in [-0.4, -0.2) is 17.4 Å². The summed E-state index contributed by atoms with van der Waals surface area (Å²) in [6.45, 7) is 4.40. The molecule has 2 rings (SSSR count). The molecule has 5 heteroatoms. The standard InChI is InChI=1S/C15H16FN3O/c1-3-17-14-11(5-4-8-18-14)15(20)19-13-9-10(2)6-7-12(13)16/h4-9H,3H2,1-2H3,(H,17,18)(H,19,20). The number of rotatable bonds is 4. The quantitative estimate of drug-likeness (QED) is 0.899. The Morgan fingerprint density at radius 3 is 2.90 bits per heavy atom. The van der Waals surface area contributed by atoms with Crippen molar-refractivity contribution in [3.8, 4) is 0 Å². The smallest absolute Gasteiger partial charge is 0.259 e. The maximum absolute atomic E-state index is 13.6. The summed E-state index contributed by atoms with van der Waals surface area (Å²) in [6.07, 6.45) is 1.60. The van der Waals surface area contributed by atoms with Crippen LogP contribution in [0.3, 0.4) is 0 Å². The number of aryl methyl sites for hydroxylation is 1. The lowest BCUT2D eigenvalue weighted by atomic mass is 10.2. The highest BCUT2D eigenvalue weighted by molar-refractivity contribution is 6.07. The molecule has 0 bridgehead atoms. The van der Waals surface area contributed by atoms with E-state index in [1.807, 2.05) is 13.8 Å². The first-order valence-corrected chi connectivity index (χ1v) is 6.38. The van der Waals surface area contributed by atoms with Gasteiger partial charge < -0.3 is 10.6 Å². The van der Waals surface area contributed by atoms with Gasteiger partial charge in [-0.05, 0) is 43.7 Å². The van der Waals surface area contributed by atoms with Gasteiger partial charge >= 0.3 is 0 Å². The summed E-state index contributed by atoms with van der Waals surface area (Å²) >= 11 is 0. The Hall–Kier alpha value is -2.43. The predicted molar refractivity (Wildman–Crippen MR) is 77.5 cm³/mol. The average Bonchev–Trinajstić information content (AvgIpc) is 2.44. The van der Waals surface area contributed by atoms with E-state index in [1.54, 1.807) is 30.5 Å². The molecule has 0 saturated heterocycles. The van der Waals surface area contributed by atoms with Crippen LogP contribution in [0.2, 0.25) is 0 Å². The van der Waals surface area contributed by atoms with Crippen LogP contribution in [0.1, 0.15) is 22.8 Å². The van der Waals surface area contributed by atoms with Crippen LogP contribution < -0.4 is 10.6 Å². The lowest BCUT2D eigenvalue weighted by Crippen LogP contribution is -2.16. The average molecular weight is 273 g/mol. The molecule has 4 nitrogen and oxygen atoms in total. The number of amides is 1. The fraction of sp³-hybridized carbons (Fsp3) is 0.200. The van der Waals surface area contributed by atoms with Crippen LogP contribution in [0.15, 0.2) is 36.5 Å². The molecule has 20 heavy (non-hydrogen) atoms. The molecular formula is C15H16FN3O. The number of aromatic nitrogens is 1. The van der Waals surface area contributed by atoms with Crippen molar-refractivity contribution in [3.63, 3.8) is 0 Å². The van der Waals surface area contributed by atoms with Crippen molar-refractivity contribution < 1.29 is 9.18 Å². The van der Waals surface area contributed by atoms with Gasteiger partial charge in [0.1, 0.15) is 11.6 Å². The largest absolute Gasteiger partial charge is 0.370 e. The second kappa shape index (κ2) is 6.14. The molecule has 1 heterocycles. The number of nitrogens with one attached hydrogen (secondary N) is 2. The van der Waals surface area contributed by atoms with Crippen molar-refractivity contribution in [1.82, 2.24) is 4.98 Å². The van der Waals surface area contributed by atoms with E-state index < -0.39 is 11.7 Å². The summed E-state index contributed by atoms with van der Waals surface area (Å²) in [4.78, 5) is 16.3. The maximum Gasteiger partial charge on any atom is 0.259 e. The number of anilines is 2. The van der Waals surface area contributed by atoms with Crippen LogP contribution in [0, 0.1) is 12.7 Å². The van der Waals surface area contributed by atoms with E-state index in [2.05, 4.69) is 15.6 Å². The number of nitrogens with zero attached hydrogens (tertiary/aromatic N) is 1. The second-order valence-electron chi connectivity index (χ2n) is 4.37. The monoisotopic (exact) mass is 273 g/mol. The van der Waals surface area contributed by atoms with Gasteiger partial charge in [0, 0.05) is 12.7 Å². The number of hydrogen-bond acceptors (Lipinski definition) is 3. The number of benzene rings is 1. The van der Waals surface area contributed by atoms with E-state index in [0.717, 1.165) is 5.56 Å². The van der Waals surface area contributed by atoms with Crippen LogP contribution in [0.4, 0.5) is 15.9 Å². The van der Waals surface area contributed by atoms with Crippen LogP contribution in [0.25, 0.3) is 0 Å². The van der Waals surface area contributed by atoms with Gasteiger partial charge in [0.15, 0.2) is 0 Å². The van der Waals surface area contributed by atoms with E-state index in [9.17, 15) is 9.18 Å². The van der Waals surface area contributed by atoms with Gasteiger partial charge in [-0.3, -0.25) is 4.79 Å². The molecule has 2 aromatic rings. The molecule has 1 aromatic carbocycles. The molecule has 0 fully saturated rings. The maximum atomic E-state index is 13.6. The van der Waals surface area contributed by atoms with Gasteiger partial charge in [-0.2, -0.15) is 0 Å². The van der Waals surface area contributed by atoms with Gasteiger partial charge in [-0.1, -0.05) is 6.07 Å². The van der Waals surface area contributed by atoms with Crippen molar-refractivity contribution >= 4 is 17.4 Å². The summed E-state index contributed by atoms with van der Waals surface area (Å²) in [6, 6.07) is 7.89. The fourth-order valence-electron chi connectivity index (χ4n) is 1.82. The minimum Gasteiger partial charge on any atom is -0.370 e. The fourth-order valence-corrected chi connectivity index (χ4v) is 1.82. The Morgan fingerprint density at radius 1 is 1.35 bits per heavy atom. The Morgan fingerprint density at radius 2 is 2.15 bits per heavy atom. The number of hydrogen-bond donors (Lipinski definition) is 2. The molecule has 0 aliphatic carbocycles. The Balaban J connectivity index is 2.26. The SMILES string of the molecule is CCNc1ncccc1C(=O)Nc1cc(C)ccc1F. The number of halogens is 1. The predicted octanol–water partition coefficient (Wildman–Crippen LogP) is 3.21. The van der Waals surface area contributed by atoms with Crippen LogP contribution in [-0.2, 0) is 0 Å². The van der Waals surface area contributed by atoms with Crippen molar-refractivity contribution in [3.05, 3.63) is 53.5 Å². The lowest BCUT2D eigenvalue weighted by molar-refractivity contribution is 0.102. The molecule has 0 unspecified atom stereocenters. The first-order valence-electron chi connectivity index (χ1n) is 6.38. The van der Waals surface area contributed by atoms with E-state index in [1.165, 1.54) is 6.07 Å². The third kappa shape index (κ3) is 3.12. The Bertz CT molecular complexity index is 628. The molecule has 1 aromatic heterocycles. The van der Waals surface area contributed by atoms with Crippen LogP contribution >= 0.6 is 0 Å². The molecule has 0 aliphatic rings. The number of carbonyl (C=O) groups excluding carboxylic acids is 1. The topological polar surface area (TPSA) is 54.0 Å². The van der Waals surface area contributed by atoms with E-state index >= 15 is 0 Å². The third-order valence-electron chi connectivity index (χ3n) is 2.77. The molecule has 0 saturated carbocycles. The van der Waals surface area contributed by atoms with Crippen molar-refractivity contribution in [2.24, 2.45) is 0 Å². The zero-order valence-electron chi connectivity index (χ0n) is 11.4. The first-order chi connectivity index (χ1) is 9.61. The molecule has 1 amide bonds. The molecular weight excluding hydrogens is 257 g/mol. The molecule has 0 atom stereocenters. The summed E-state index contributed by atoms with van der Waals surface area (Å²) in [5, 5.41) is 5.58. The second-order valence-corrected chi connectivity index (χ2v) is 4.37. The summed E-state index contributed by atoms with van der Waals surface area (Å²) in [5.74, 6) is -0.364. The van der Waals surface area contributed by atoms with E-state index in [0.29, 0.717) is 17.9 Å². The highest BCUT2D eigenvalue weighted by Gasteiger charge is 2.13. The minimum atomic E-state index is -0.460. The molecule has 0 aliphatic heterocycles. The van der Waals surface area contributed by atoms with Gasteiger partial charge in [0.05, 0.1) is 11.3 Å². The summed E-state index contributed by atoms with van der Waals surface area (Å²) in [5.41, 5.74) is 1.43. The summed E-state index contributed by atoms with van der Waals surface area (Å²) in [7, 11) is 0. The number of carbonyl (C=O) groups is 1. The van der Waals surface area contributed by atoms with Gasteiger partial charge in [0.2, 0.25) is 0 Å². The zero-order valence-corrected chi connectivity index (χ0v) is 11.4. The van der Waals surface area contributed by atoms with E-state index in [4.69, 9.17) is 0 Å². The van der Waals surface area contributed by atoms with Crippen molar-refractivity contribution in [1.29, 1.82) is 0 Å². The molecule has 2 N–H and O–H groups in total. The minimum absolute atomic E-state index is 0.168. The van der Waals surface area contributed by atoms with Gasteiger partial charge in [-0.15, -0.1) is 0 Å². The Labute approximate surface area is 117 Å². The zero-order chi connectivity index (χ0) is 14.5.